The molecule has 252 valence electrons. The molecule has 0 saturated heterocycles. The van der Waals surface area contributed by atoms with Gasteiger partial charge in [-0.25, -0.2) is 13.1 Å². The Morgan fingerprint density at radius 3 is 2.13 bits per heavy atom. The Labute approximate surface area is 275 Å². The zero-order valence-corrected chi connectivity index (χ0v) is 26.9. The molecule has 5 N–H and O–H groups in total. The second kappa shape index (κ2) is 14.0. The normalized spacial score (nSPS) is 12.3. The predicted octanol–water partition coefficient (Wildman–Crippen LogP) is 8.04. The molecule has 0 spiro atoms. The highest BCUT2D eigenvalue weighted by molar-refractivity contribution is 7.91. The Morgan fingerprint density at radius 1 is 0.872 bits per heavy atom. The van der Waals surface area contributed by atoms with E-state index in [9.17, 15) is 45.0 Å². The summed E-state index contributed by atoms with van der Waals surface area (Å²) in [4.78, 5) is 0. The third-order valence-electron chi connectivity index (χ3n) is 6.56. The van der Waals surface area contributed by atoms with Crippen LogP contribution in [-0.4, -0.2) is 36.8 Å². The number of nitrogens with one attached hydrogen (secondary N) is 3. The lowest BCUT2D eigenvalue weighted by Gasteiger charge is -2.17. The van der Waals surface area contributed by atoms with Crippen molar-refractivity contribution in [3.63, 3.8) is 0 Å². The summed E-state index contributed by atoms with van der Waals surface area (Å²) in [6, 6.07) is 11.7. The molecular weight excluding hydrogens is 693 g/mol. The maximum absolute atomic E-state index is 13.4. The number of thiocarbonyl (C=S) groups is 1. The molecule has 0 unspecified atom stereocenters. The van der Waals surface area contributed by atoms with Gasteiger partial charge < -0.3 is 25.6 Å². The van der Waals surface area contributed by atoms with E-state index in [1.54, 1.807) is 23.6 Å². The van der Waals surface area contributed by atoms with Crippen LogP contribution in [0.2, 0.25) is 0 Å². The lowest BCUT2D eigenvalue weighted by molar-refractivity contribution is -0.143. The first kappa shape index (κ1) is 35.8. The van der Waals surface area contributed by atoms with Crippen LogP contribution in [0.4, 0.5) is 32.0 Å². The fourth-order valence-corrected chi connectivity index (χ4v) is 6.90. The van der Waals surface area contributed by atoms with Crippen molar-refractivity contribution in [2.24, 2.45) is 0 Å². The lowest BCUT2D eigenvalue weighted by Crippen LogP contribution is -2.36. The van der Waals surface area contributed by atoms with E-state index >= 15 is 0 Å². The molecule has 0 amide bonds. The lowest BCUT2D eigenvalue weighted by atomic mass is 9.98. The molecule has 0 aliphatic carbocycles. The smallest absolute Gasteiger partial charge is 0.416 e. The highest BCUT2D eigenvalue weighted by Gasteiger charge is 2.37. The first-order chi connectivity index (χ1) is 21.8. The Kier molecular flexibility index (Phi) is 10.6. The summed E-state index contributed by atoms with van der Waals surface area (Å²) in [5.74, 6) is -0.211. The van der Waals surface area contributed by atoms with Crippen LogP contribution in [0.3, 0.4) is 0 Å². The van der Waals surface area contributed by atoms with Gasteiger partial charge in [0.05, 0.1) is 11.1 Å². The van der Waals surface area contributed by atoms with E-state index < -0.39 is 44.9 Å². The summed E-state index contributed by atoms with van der Waals surface area (Å²) in [5.41, 5.74) is -1.96. The van der Waals surface area contributed by atoms with E-state index in [1.165, 1.54) is 18.2 Å². The zero-order valence-electron chi connectivity index (χ0n) is 24.5. The maximum Gasteiger partial charge on any atom is 0.416 e. The Hall–Kier alpha value is -4.06. The number of aromatic hydroxyl groups is 2. The van der Waals surface area contributed by atoms with Gasteiger partial charge in [0.15, 0.2) is 16.6 Å². The maximum atomic E-state index is 13.4. The predicted molar refractivity (Wildman–Crippen MR) is 170 cm³/mol. The molecule has 0 fully saturated rings. The topological polar surface area (TPSA) is 120 Å². The standard InChI is InChI=1S/C30H27F6N3O5S3/c1-16(2)17-3-6-26(44-21-4-5-24(40)25(41)15-21)23(11-17)22-7-10-46-27(22)47(42,43)38-9-8-37-28(45)39-20-13-18(29(31,32)33)12-19(14-20)30(34,35)36/h3-7,10-16,38,40-41H,8-9H2,1-2H3,(H2,37,39,45). The van der Waals surface area contributed by atoms with Crippen molar-refractivity contribution in [3.05, 3.63) is 82.7 Å². The van der Waals surface area contributed by atoms with E-state index in [2.05, 4.69) is 15.4 Å². The number of ether oxygens (including phenoxy) is 1. The minimum absolute atomic E-state index is 0.0123. The van der Waals surface area contributed by atoms with Gasteiger partial charge in [0.1, 0.15) is 15.7 Å². The number of phenolic OH excluding ortho intramolecular Hbond substituents is 2. The van der Waals surface area contributed by atoms with Crippen molar-refractivity contribution in [2.75, 3.05) is 18.4 Å². The third-order valence-corrected chi connectivity index (χ3v) is 9.75. The average Bonchev–Trinajstić information content (AvgIpc) is 3.47. The highest BCUT2D eigenvalue weighted by Crippen LogP contribution is 2.42. The molecule has 8 nitrogen and oxygen atoms in total. The Bertz CT molecular complexity index is 1840. The Morgan fingerprint density at radius 2 is 1.53 bits per heavy atom. The zero-order chi connectivity index (χ0) is 34.7. The van der Waals surface area contributed by atoms with Crippen molar-refractivity contribution in [2.45, 2.75) is 36.3 Å². The number of hydrogen-bond acceptors (Lipinski definition) is 7. The van der Waals surface area contributed by atoms with Crippen molar-refractivity contribution in [1.29, 1.82) is 0 Å². The summed E-state index contributed by atoms with van der Waals surface area (Å²) in [5, 5.41) is 25.6. The molecular formula is C30H27F6N3O5S3. The number of phenols is 2. The van der Waals surface area contributed by atoms with Crippen molar-refractivity contribution in [1.82, 2.24) is 10.0 Å². The van der Waals surface area contributed by atoms with Crippen molar-refractivity contribution in [3.8, 4) is 34.1 Å². The van der Waals surface area contributed by atoms with Crippen LogP contribution in [0.5, 0.6) is 23.0 Å². The van der Waals surface area contributed by atoms with E-state index in [4.69, 9.17) is 17.0 Å². The minimum atomic E-state index is -5.04. The van der Waals surface area contributed by atoms with Gasteiger partial charge in [-0.05, 0) is 77.6 Å². The molecule has 0 aliphatic heterocycles. The number of anilines is 1. The quantitative estimate of drug-likeness (QED) is 0.0484. The van der Waals surface area contributed by atoms with Gasteiger partial charge in [0, 0.05) is 36.0 Å². The number of halogens is 6. The molecule has 0 radical (unpaired) electrons. The molecule has 1 aromatic heterocycles. The summed E-state index contributed by atoms with van der Waals surface area (Å²) in [7, 11) is -4.15. The first-order valence-electron chi connectivity index (χ1n) is 13.6. The molecule has 4 rings (SSSR count). The highest BCUT2D eigenvalue weighted by atomic mass is 32.2. The number of rotatable bonds is 10. The second-order valence-electron chi connectivity index (χ2n) is 10.4. The van der Waals surface area contributed by atoms with Crippen molar-refractivity contribution < 1.29 is 49.7 Å². The van der Waals surface area contributed by atoms with Crippen LogP contribution < -0.4 is 20.1 Å². The van der Waals surface area contributed by atoms with E-state index in [0.29, 0.717) is 23.3 Å². The summed E-state index contributed by atoms with van der Waals surface area (Å²) < 4.78 is 114. The summed E-state index contributed by atoms with van der Waals surface area (Å²) in [6.07, 6.45) is -10.1. The molecule has 0 aliphatic rings. The van der Waals surface area contributed by atoms with Crippen LogP contribution in [0.15, 0.2) is 70.3 Å². The molecule has 3 aromatic carbocycles. The average molecular weight is 720 g/mol. The molecule has 4 aromatic rings. The molecule has 0 saturated carbocycles. The molecule has 1 heterocycles. The van der Waals surface area contributed by atoms with Gasteiger partial charge in [-0.2, -0.15) is 26.3 Å². The van der Waals surface area contributed by atoms with Gasteiger partial charge >= 0.3 is 12.4 Å². The monoisotopic (exact) mass is 719 g/mol. The van der Waals surface area contributed by atoms with Crippen LogP contribution in [0.25, 0.3) is 11.1 Å². The van der Waals surface area contributed by atoms with Gasteiger partial charge in [-0.3, -0.25) is 0 Å². The SMILES string of the molecule is CC(C)c1ccc(Oc2ccc(O)c(O)c2)c(-c2ccsc2S(=O)(=O)NCCNC(=S)Nc2cc(C(F)(F)F)cc(C(F)(F)F)c2)c1. The fourth-order valence-electron chi connectivity index (χ4n) is 4.23. The van der Waals surface area contributed by atoms with Crippen LogP contribution in [0, 0.1) is 0 Å². The summed E-state index contributed by atoms with van der Waals surface area (Å²) in [6.45, 7) is 3.50. The number of benzene rings is 3. The number of alkyl halides is 6. The largest absolute Gasteiger partial charge is 0.504 e. The van der Waals surface area contributed by atoms with Crippen LogP contribution in [0.1, 0.15) is 36.5 Å². The molecule has 47 heavy (non-hydrogen) atoms. The van der Waals surface area contributed by atoms with E-state index in [1.807, 2.05) is 19.9 Å². The first-order valence-corrected chi connectivity index (χ1v) is 16.4. The van der Waals surface area contributed by atoms with E-state index in [0.717, 1.165) is 16.9 Å². The van der Waals surface area contributed by atoms with Crippen LogP contribution >= 0.6 is 23.6 Å². The third kappa shape index (κ3) is 9.06. The molecule has 0 bridgehead atoms. The van der Waals surface area contributed by atoms with Gasteiger partial charge in [0.2, 0.25) is 0 Å². The molecule has 0 atom stereocenters. The number of thiophene rings is 1. The fraction of sp³-hybridized carbons (Fsp3) is 0.233. The van der Waals surface area contributed by atoms with Crippen molar-refractivity contribution >= 4 is 44.4 Å². The van der Waals surface area contributed by atoms with Crippen LogP contribution in [-0.2, 0) is 22.4 Å². The van der Waals surface area contributed by atoms with Gasteiger partial charge in [-0.15, -0.1) is 11.3 Å². The second-order valence-corrected chi connectivity index (χ2v) is 13.6. The Balaban J connectivity index is 1.48. The van der Waals surface area contributed by atoms with Gasteiger partial charge in [0.25, 0.3) is 10.0 Å². The minimum Gasteiger partial charge on any atom is -0.504 e. The molecule has 17 heteroatoms. The number of sulfonamides is 1. The van der Waals surface area contributed by atoms with E-state index in [-0.39, 0.29) is 51.6 Å². The number of hydrogen-bond donors (Lipinski definition) is 5. The van der Waals surface area contributed by atoms with Gasteiger partial charge in [-0.1, -0.05) is 19.9 Å². The summed E-state index contributed by atoms with van der Waals surface area (Å²) >= 11 is 5.93.